The van der Waals surface area contributed by atoms with Crippen molar-refractivity contribution in [3.05, 3.63) is 64.4 Å². The van der Waals surface area contributed by atoms with Crippen LogP contribution in [0.15, 0.2) is 53.0 Å². The molecule has 3 rings (SSSR count). The molecule has 5 heteroatoms. The van der Waals surface area contributed by atoms with Crippen LogP contribution in [0.25, 0.3) is 17.1 Å². The molecule has 0 unspecified atom stereocenters. The largest absolute Gasteiger partial charge is 0.388 e. The van der Waals surface area contributed by atoms with Crippen molar-refractivity contribution in [1.29, 1.82) is 0 Å². The van der Waals surface area contributed by atoms with Gasteiger partial charge in [0, 0.05) is 15.7 Å². The molecule has 0 aliphatic rings. The summed E-state index contributed by atoms with van der Waals surface area (Å²) in [5.41, 5.74) is 3.00. The van der Waals surface area contributed by atoms with Gasteiger partial charge in [-0.2, -0.15) is 0 Å². The first-order chi connectivity index (χ1) is 10.2. The molecule has 0 radical (unpaired) electrons. The van der Waals surface area contributed by atoms with Crippen molar-refractivity contribution in [2.24, 2.45) is 0 Å². The smallest absolute Gasteiger partial charge is 0.169 e. The zero-order chi connectivity index (χ0) is 14.8. The molecule has 0 atom stereocenters. The molecular formula is C16H14BrN3O. The first kappa shape index (κ1) is 14.0. The van der Waals surface area contributed by atoms with Crippen molar-refractivity contribution in [2.45, 2.75) is 13.5 Å². The Hall–Kier alpha value is -1.98. The Bertz CT molecular complexity index is 768. The quantitative estimate of drug-likeness (QED) is 0.791. The van der Waals surface area contributed by atoms with Gasteiger partial charge >= 0.3 is 0 Å². The summed E-state index contributed by atoms with van der Waals surface area (Å²) >= 11 is 3.61. The zero-order valence-corrected chi connectivity index (χ0v) is 13.1. The summed E-state index contributed by atoms with van der Waals surface area (Å²) in [6.07, 6.45) is 0. The van der Waals surface area contributed by atoms with E-state index >= 15 is 0 Å². The molecule has 3 aromatic rings. The highest BCUT2D eigenvalue weighted by Crippen LogP contribution is 2.31. The Kier molecular flexibility index (Phi) is 3.86. The SMILES string of the molecule is Cc1cccc(-c2nnc(CO)n2-c2ccccc2)c1Br. The van der Waals surface area contributed by atoms with Crippen LogP contribution in [0.5, 0.6) is 0 Å². The standard InChI is InChI=1S/C16H14BrN3O/c1-11-6-5-9-13(15(11)17)16-19-18-14(10-21)20(16)12-7-3-2-4-8-12/h2-9,21H,10H2,1H3. The van der Waals surface area contributed by atoms with Crippen LogP contribution >= 0.6 is 15.9 Å². The van der Waals surface area contributed by atoms with Gasteiger partial charge < -0.3 is 5.11 Å². The molecule has 1 aromatic heterocycles. The summed E-state index contributed by atoms with van der Waals surface area (Å²) in [7, 11) is 0. The van der Waals surface area contributed by atoms with E-state index in [0.29, 0.717) is 11.6 Å². The van der Waals surface area contributed by atoms with Crippen molar-refractivity contribution < 1.29 is 5.11 Å². The van der Waals surface area contributed by atoms with E-state index in [2.05, 4.69) is 26.1 Å². The minimum absolute atomic E-state index is 0.161. The molecule has 2 aromatic carbocycles. The maximum absolute atomic E-state index is 9.53. The number of halogens is 1. The Balaban J connectivity index is 2.25. The molecule has 1 N–H and O–H groups in total. The van der Waals surface area contributed by atoms with Crippen molar-refractivity contribution in [3.8, 4) is 17.1 Å². The molecule has 0 saturated carbocycles. The number of aliphatic hydroxyl groups is 1. The topological polar surface area (TPSA) is 50.9 Å². The maximum Gasteiger partial charge on any atom is 0.169 e. The van der Waals surface area contributed by atoms with Gasteiger partial charge in [0.2, 0.25) is 0 Å². The van der Waals surface area contributed by atoms with Gasteiger partial charge in [-0.05, 0) is 40.5 Å². The van der Waals surface area contributed by atoms with Crippen molar-refractivity contribution >= 4 is 15.9 Å². The van der Waals surface area contributed by atoms with Crippen molar-refractivity contribution in [3.63, 3.8) is 0 Å². The lowest BCUT2D eigenvalue weighted by Crippen LogP contribution is -2.03. The normalized spacial score (nSPS) is 10.8. The summed E-state index contributed by atoms with van der Waals surface area (Å²) < 4.78 is 2.86. The summed E-state index contributed by atoms with van der Waals surface area (Å²) in [6.45, 7) is 1.87. The van der Waals surface area contributed by atoms with Crippen molar-refractivity contribution in [2.75, 3.05) is 0 Å². The number of aliphatic hydroxyl groups excluding tert-OH is 1. The van der Waals surface area contributed by atoms with E-state index in [1.54, 1.807) is 0 Å². The van der Waals surface area contributed by atoms with Crippen LogP contribution in [0.3, 0.4) is 0 Å². The molecule has 0 saturated heterocycles. The summed E-state index contributed by atoms with van der Waals surface area (Å²) in [4.78, 5) is 0. The van der Waals surface area contributed by atoms with E-state index in [9.17, 15) is 5.11 Å². The first-order valence-corrected chi connectivity index (χ1v) is 7.37. The van der Waals surface area contributed by atoms with E-state index in [0.717, 1.165) is 21.3 Å². The number of hydrogen-bond acceptors (Lipinski definition) is 3. The molecule has 21 heavy (non-hydrogen) atoms. The monoisotopic (exact) mass is 343 g/mol. The Morgan fingerprint density at radius 3 is 2.52 bits per heavy atom. The van der Waals surface area contributed by atoms with Crippen LogP contribution in [0.1, 0.15) is 11.4 Å². The highest BCUT2D eigenvalue weighted by atomic mass is 79.9. The minimum Gasteiger partial charge on any atom is -0.388 e. The number of aryl methyl sites for hydroxylation is 1. The van der Waals surface area contributed by atoms with Gasteiger partial charge in [0.25, 0.3) is 0 Å². The van der Waals surface area contributed by atoms with E-state index in [1.165, 1.54) is 0 Å². The third kappa shape index (κ3) is 2.50. The molecular weight excluding hydrogens is 330 g/mol. The van der Waals surface area contributed by atoms with Gasteiger partial charge in [0.05, 0.1) is 0 Å². The summed E-state index contributed by atoms with van der Waals surface area (Å²) in [5, 5.41) is 17.9. The fourth-order valence-electron chi connectivity index (χ4n) is 2.26. The number of para-hydroxylation sites is 1. The molecule has 0 fully saturated rings. The third-order valence-corrected chi connectivity index (χ3v) is 4.37. The van der Waals surface area contributed by atoms with E-state index in [4.69, 9.17) is 0 Å². The summed E-state index contributed by atoms with van der Waals surface area (Å²) in [5.74, 6) is 1.23. The van der Waals surface area contributed by atoms with Crippen LogP contribution in [0, 0.1) is 6.92 Å². The maximum atomic E-state index is 9.53. The number of benzene rings is 2. The van der Waals surface area contributed by atoms with Crippen LogP contribution in [-0.4, -0.2) is 19.9 Å². The van der Waals surface area contributed by atoms with Crippen LogP contribution in [-0.2, 0) is 6.61 Å². The lowest BCUT2D eigenvalue weighted by atomic mass is 10.1. The van der Waals surface area contributed by atoms with E-state index in [1.807, 2.05) is 60.0 Å². The molecule has 1 heterocycles. The lowest BCUT2D eigenvalue weighted by molar-refractivity contribution is 0.269. The fraction of sp³-hybridized carbons (Fsp3) is 0.125. The predicted molar refractivity (Wildman–Crippen MR) is 85.2 cm³/mol. The lowest BCUT2D eigenvalue weighted by Gasteiger charge is -2.11. The summed E-state index contributed by atoms with van der Waals surface area (Å²) in [6, 6.07) is 15.8. The molecule has 0 amide bonds. The molecule has 0 aliphatic carbocycles. The minimum atomic E-state index is -0.161. The van der Waals surface area contributed by atoms with Gasteiger partial charge in [0.1, 0.15) is 6.61 Å². The molecule has 106 valence electrons. The van der Waals surface area contributed by atoms with Gasteiger partial charge in [-0.15, -0.1) is 10.2 Å². The average molecular weight is 344 g/mol. The Morgan fingerprint density at radius 2 is 1.81 bits per heavy atom. The highest BCUT2D eigenvalue weighted by molar-refractivity contribution is 9.10. The second kappa shape index (κ2) is 5.79. The second-order valence-corrected chi connectivity index (χ2v) is 5.50. The molecule has 4 nitrogen and oxygen atoms in total. The van der Waals surface area contributed by atoms with Gasteiger partial charge in [0.15, 0.2) is 11.6 Å². The molecule has 0 aliphatic heterocycles. The number of hydrogen-bond donors (Lipinski definition) is 1. The van der Waals surface area contributed by atoms with E-state index < -0.39 is 0 Å². The Morgan fingerprint density at radius 1 is 1.05 bits per heavy atom. The first-order valence-electron chi connectivity index (χ1n) is 6.58. The van der Waals surface area contributed by atoms with Crippen LogP contribution < -0.4 is 0 Å². The van der Waals surface area contributed by atoms with Crippen LogP contribution in [0.2, 0.25) is 0 Å². The third-order valence-electron chi connectivity index (χ3n) is 3.32. The molecule has 0 bridgehead atoms. The predicted octanol–water partition coefficient (Wildman–Crippen LogP) is 3.50. The molecule has 0 spiro atoms. The average Bonchev–Trinajstić information content (AvgIpc) is 2.94. The Labute approximate surface area is 131 Å². The fourth-order valence-corrected chi connectivity index (χ4v) is 2.70. The van der Waals surface area contributed by atoms with Gasteiger partial charge in [-0.25, -0.2) is 0 Å². The number of rotatable bonds is 3. The van der Waals surface area contributed by atoms with Crippen molar-refractivity contribution in [1.82, 2.24) is 14.8 Å². The van der Waals surface area contributed by atoms with Gasteiger partial charge in [-0.1, -0.05) is 36.4 Å². The van der Waals surface area contributed by atoms with Gasteiger partial charge in [-0.3, -0.25) is 4.57 Å². The second-order valence-electron chi connectivity index (χ2n) is 4.71. The van der Waals surface area contributed by atoms with Crippen LogP contribution in [0.4, 0.5) is 0 Å². The zero-order valence-electron chi connectivity index (χ0n) is 11.5. The number of aromatic nitrogens is 3. The highest BCUT2D eigenvalue weighted by Gasteiger charge is 2.17. The van der Waals surface area contributed by atoms with E-state index in [-0.39, 0.29) is 6.61 Å². The number of nitrogens with zero attached hydrogens (tertiary/aromatic N) is 3.